The fourth-order valence-electron chi connectivity index (χ4n) is 2.06. The van der Waals surface area contributed by atoms with Gasteiger partial charge < -0.3 is 4.57 Å². The second kappa shape index (κ2) is 5.05. The van der Waals surface area contributed by atoms with E-state index in [0.717, 1.165) is 17.0 Å². The molecule has 0 spiro atoms. The molecule has 90 valence electrons. The molecule has 0 aliphatic carbocycles. The van der Waals surface area contributed by atoms with E-state index in [4.69, 9.17) is 11.6 Å². The summed E-state index contributed by atoms with van der Waals surface area (Å²) in [7, 11) is 0. The number of nitrogens with zero attached hydrogens (tertiary/aromatic N) is 1. The highest BCUT2D eigenvalue weighted by molar-refractivity contribution is 6.30. The lowest BCUT2D eigenvalue weighted by Crippen LogP contribution is -2.15. The summed E-state index contributed by atoms with van der Waals surface area (Å²) in [6, 6.07) is 2.34. The Kier molecular flexibility index (Phi) is 4.20. The summed E-state index contributed by atoms with van der Waals surface area (Å²) in [5, 5.41) is 0. The van der Waals surface area contributed by atoms with E-state index in [1.807, 2.05) is 19.9 Å². The molecule has 1 atom stereocenters. The first kappa shape index (κ1) is 13.3. The summed E-state index contributed by atoms with van der Waals surface area (Å²) in [5.74, 6) is 0.612. The molecule has 0 bridgehead atoms. The maximum Gasteiger partial charge on any atom is 0.179 e. The zero-order valence-electron chi connectivity index (χ0n) is 10.7. The molecule has 1 aromatic rings. The zero-order chi connectivity index (χ0) is 12.5. The van der Waals surface area contributed by atoms with Crippen LogP contribution in [0.3, 0.4) is 0 Å². The molecule has 0 aliphatic rings. The van der Waals surface area contributed by atoms with Gasteiger partial charge in [0.1, 0.15) is 0 Å². The minimum Gasteiger partial charge on any atom is -0.345 e. The Morgan fingerprint density at radius 2 is 1.94 bits per heavy atom. The number of ketones is 1. The van der Waals surface area contributed by atoms with E-state index in [1.54, 1.807) is 0 Å². The average Bonchev–Trinajstić information content (AvgIpc) is 2.52. The number of carbonyl (C=O) groups is 1. The highest BCUT2D eigenvalue weighted by Gasteiger charge is 2.19. The third kappa shape index (κ3) is 2.32. The quantitative estimate of drug-likeness (QED) is 0.581. The van der Waals surface area contributed by atoms with Crippen LogP contribution >= 0.6 is 11.6 Å². The fraction of sp³-hybridized carbons (Fsp3) is 0.615. The van der Waals surface area contributed by atoms with Crippen molar-refractivity contribution in [1.29, 1.82) is 0 Å². The van der Waals surface area contributed by atoms with Crippen LogP contribution in [0.25, 0.3) is 0 Å². The number of alkyl halides is 1. The normalized spacial score (nSPS) is 13.2. The molecule has 16 heavy (non-hydrogen) atoms. The molecule has 2 nitrogen and oxygen atoms in total. The second-order valence-electron chi connectivity index (χ2n) is 4.70. The topological polar surface area (TPSA) is 22.0 Å². The van der Waals surface area contributed by atoms with Crippen molar-refractivity contribution in [3.05, 3.63) is 23.0 Å². The monoisotopic (exact) mass is 241 g/mol. The summed E-state index contributed by atoms with van der Waals surface area (Å²) in [6.45, 7) is 10.6. The predicted molar refractivity (Wildman–Crippen MR) is 68.5 cm³/mol. The molecule has 1 rings (SSSR count). The van der Waals surface area contributed by atoms with Crippen molar-refractivity contribution < 1.29 is 4.79 Å². The molecule has 0 saturated heterocycles. The van der Waals surface area contributed by atoms with Gasteiger partial charge in [0.25, 0.3) is 0 Å². The first-order valence-electron chi connectivity index (χ1n) is 5.67. The summed E-state index contributed by atoms with van der Waals surface area (Å²) in [6.07, 6.45) is 0. The lowest BCUT2D eigenvalue weighted by molar-refractivity contribution is 0.102. The average molecular weight is 242 g/mol. The first-order valence-corrected chi connectivity index (χ1v) is 6.21. The Hall–Kier alpha value is -0.760. The van der Waals surface area contributed by atoms with Crippen LogP contribution in [0, 0.1) is 19.8 Å². The van der Waals surface area contributed by atoms with Gasteiger partial charge in [0, 0.05) is 23.0 Å². The number of carbonyl (C=O) groups excluding carboxylic acids is 1. The van der Waals surface area contributed by atoms with E-state index < -0.39 is 0 Å². The van der Waals surface area contributed by atoms with Gasteiger partial charge in [-0.05, 0) is 32.8 Å². The molecule has 0 saturated carbocycles. The van der Waals surface area contributed by atoms with Gasteiger partial charge in [-0.25, -0.2) is 0 Å². The molecule has 0 aliphatic heterocycles. The number of hydrogen-bond acceptors (Lipinski definition) is 1. The van der Waals surface area contributed by atoms with Gasteiger partial charge in [0.15, 0.2) is 5.78 Å². The van der Waals surface area contributed by atoms with Crippen LogP contribution in [0.2, 0.25) is 0 Å². The van der Waals surface area contributed by atoms with E-state index in [2.05, 4.69) is 25.3 Å². The standard InChI is InChI=1S/C13H20ClNO/c1-8(2)10(4)15-9(3)6-12(11(15)5)13(16)7-14/h6,8,10H,7H2,1-5H3. The predicted octanol–water partition coefficient (Wildman–Crippen LogP) is 3.74. The van der Waals surface area contributed by atoms with E-state index in [-0.39, 0.29) is 11.7 Å². The minimum absolute atomic E-state index is 0.0111. The van der Waals surface area contributed by atoms with Crippen molar-refractivity contribution in [2.75, 3.05) is 5.88 Å². The van der Waals surface area contributed by atoms with Gasteiger partial charge >= 0.3 is 0 Å². The summed E-state index contributed by atoms with van der Waals surface area (Å²) in [5.41, 5.74) is 2.93. The van der Waals surface area contributed by atoms with E-state index in [1.165, 1.54) is 0 Å². The van der Waals surface area contributed by atoms with Crippen LogP contribution in [-0.2, 0) is 0 Å². The van der Waals surface area contributed by atoms with E-state index in [0.29, 0.717) is 12.0 Å². The maximum absolute atomic E-state index is 11.6. The summed E-state index contributed by atoms with van der Waals surface area (Å²) >= 11 is 5.60. The van der Waals surface area contributed by atoms with Crippen LogP contribution in [0.4, 0.5) is 0 Å². The number of aromatic nitrogens is 1. The van der Waals surface area contributed by atoms with Gasteiger partial charge in [0.2, 0.25) is 0 Å². The Morgan fingerprint density at radius 1 is 1.38 bits per heavy atom. The molecule has 1 unspecified atom stereocenters. The van der Waals surface area contributed by atoms with Gasteiger partial charge in [-0.3, -0.25) is 4.79 Å². The molecule has 0 amide bonds. The van der Waals surface area contributed by atoms with Crippen molar-refractivity contribution in [2.24, 2.45) is 5.92 Å². The number of hydrogen-bond donors (Lipinski definition) is 0. The van der Waals surface area contributed by atoms with Crippen LogP contribution in [0.15, 0.2) is 6.07 Å². The zero-order valence-corrected chi connectivity index (χ0v) is 11.4. The summed E-state index contributed by atoms with van der Waals surface area (Å²) in [4.78, 5) is 11.6. The van der Waals surface area contributed by atoms with Gasteiger partial charge in [-0.15, -0.1) is 11.6 Å². The number of aryl methyl sites for hydroxylation is 1. The second-order valence-corrected chi connectivity index (χ2v) is 4.96. The number of rotatable bonds is 4. The van der Waals surface area contributed by atoms with Crippen molar-refractivity contribution in [3.8, 4) is 0 Å². The minimum atomic E-state index is 0.0111. The molecule has 1 aromatic heterocycles. The van der Waals surface area contributed by atoms with Crippen LogP contribution < -0.4 is 0 Å². The first-order chi connectivity index (χ1) is 7.40. The lowest BCUT2D eigenvalue weighted by atomic mass is 10.1. The number of halogens is 1. The lowest BCUT2D eigenvalue weighted by Gasteiger charge is -2.22. The SMILES string of the molecule is Cc1cc(C(=O)CCl)c(C)n1C(C)C(C)C. The highest BCUT2D eigenvalue weighted by Crippen LogP contribution is 2.25. The van der Waals surface area contributed by atoms with Crippen molar-refractivity contribution >= 4 is 17.4 Å². The third-order valence-corrected chi connectivity index (χ3v) is 3.52. The Morgan fingerprint density at radius 3 is 2.38 bits per heavy atom. The molecule has 0 aromatic carbocycles. The molecular formula is C13H20ClNO. The van der Waals surface area contributed by atoms with Crippen molar-refractivity contribution in [1.82, 2.24) is 4.57 Å². The Balaban J connectivity index is 3.22. The van der Waals surface area contributed by atoms with Gasteiger partial charge in [-0.1, -0.05) is 13.8 Å². The van der Waals surface area contributed by atoms with Crippen LogP contribution in [-0.4, -0.2) is 16.2 Å². The molecule has 1 heterocycles. The van der Waals surface area contributed by atoms with Crippen molar-refractivity contribution in [3.63, 3.8) is 0 Å². The molecule has 3 heteroatoms. The molecule has 0 radical (unpaired) electrons. The van der Waals surface area contributed by atoms with Gasteiger partial charge in [0.05, 0.1) is 5.88 Å². The highest BCUT2D eigenvalue weighted by atomic mass is 35.5. The Labute approximate surface area is 103 Å². The van der Waals surface area contributed by atoms with Crippen LogP contribution in [0.1, 0.15) is 48.6 Å². The fourth-order valence-corrected chi connectivity index (χ4v) is 2.20. The van der Waals surface area contributed by atoms with E-state index in [9.17, 15) is 4.79 Å². The smallest absolute Gasteiger partial charge is 0.179 e. The number of Topliss-reactive ketones (excluding diaryl/α,β-unsaturated/α-hetero) is 1. The molecular weight excluding hydrogens is 222 g/mol. The molecule has 0 fully saturated rings. The summed E-state index contributed by atoms with van der Waals surface area (Å²) < 4.78 is 2.23. The third-order valence-electron chi connectivity index (χ3n) is 3.28. The van der Waals surface area contributed by atoms with E-state index >= 15 is 0 Å². The van der Waals surface area contributed by atoms with Crippen molar-refractivity contribution in [2.45, 2.75) is 40.7 Å². The Bertz CT molecular complexity index is 393. The maximum atomic E-state index is 11.6. The van der Waals surface area contributed by atoms with Gasteiger partial charge in [-0.2, -0.15) is 0 Å². The molecule has 0 N–H and O–H groups in total. The largest absolute Gasteiger partial charge is 0.345 e. The van der Waals surface area contributed by atoms with Crippen LogP contribution in [0.5, 0.6) is 0 Å².